The summed E-state index contributed by atoms with van der Waals surface area (Å²) in [5.74, 6) is -2.70. The number of rotatable bonds is 2. The van der Waals surface area contributed by atoms with Crippen molar-refractivity contribution < 1.29 is 22.6 Å². The monoisotopic (exact) mass is 280 g/mol. The molecule has 2 aromatic heterocycles. The number of hydrogen-bond donors (Lipinski definition) is 2. The number of carbonyl (C=O) groups excluding carboxylic acids is 1. The van der Waals surface area contributed by atoms with Gasteiger partial charge in [0.1, 0.15) is 0 Å². The van der Waals surface area contributed by atoms with Gasteiger partial charge in [0.2, 0.25) is 10.9 Å². The number of halogens is 3. The van der Waals surface area contributed by atoms with Crippen LogP contribution in [0.4, 0.5) is 24.1 Å². The first-order valence-corrected chi connectivity index (χ1v) is 4.99. The molecule has 0 saturated heterocycles. The van der Waals surface area contributed by atoms with Crippen molar-refractivity contribution in [2.75, 3.05) is 11.1 Å². The van der Waals surface area contributed by atoms with E-state index in [2.05, 4.69) is 25.1 Å². The number of nitrogen functional groups attached to an aromatic ring is 1. The molecule has 0 saturated carbocycles. The summed E-state index contributed by atoms with van der Waals surface area (Å²) in [6, 6.07) is 0. The molecule has 0 bridgehead atoms. The second-order valence-corrected chi connectivity index (χ2v) is 3.87. The SMILES string of the molecule is Nc1nnc(-c2nonc2NC(=O)C(F)(F)F)s1. The average Bonchev–Trinajstić information content (AvgIpc) is 2.85. The number of carbonyl (C=O) groups is 1. The Kier molecular flexibility index (Phi) is 2.86. The summed E-state index contributed by atoms with van der Waals surface area (Å²) < 4.78 is 40.4. The molecule has 18 heavy (non-hydrogen) atoms. The lowest BCUT2D eigenvalue weighted by molar-refractivity contribution is -0.167. The lowest BCUT2D eigenvalue weighted by atomic mass is 10.4. The fraction of sp³-hybridized carbons (Fsp3) is 0.167. The van der Waals surface area contributed by atoms with Gasteiger partial charge in [0.15, 0.2) is 10.7 Å². The van der Waals surface area contributed by atoms with Crippen LogP contribution in [0, 0.1) is 0 Å². The molecular formula is C6H3F3N6O2S. The first-order chi connectivity index (χ1) is 8.38. The maximum atomic E-state index is 12.0. The van der Waals surface area contributed by atoms with Crippen LogP contribution >= 0.6 is 11.3 Å². The lowest BCUT2D eigenvalue weighted by Gasteiger charge is -2.04. The highest BCUT2D eigenvalue weighted by Gasteiger charge is 2.40. The molecule has 0 aliphatic rings. The first-order valence-electron chi connectivity index (χ1n) is 4.18. The van der Waals surface area contributed by atoms with Crippen LogP contribution in [0.2, 0.25) is 0 Å². The average molecular weight is 280 g/mol. The molecule has 1 amide bonds. The van der Waals surface area contributed by atoms with E-state index in [0.717, 1.165) is 11.3 Å². The Hall–Kier alpha value is -2.24. The van der Waals surface area contributed by atoms with Gasteiger partial charge in [-0.3, -0.25) is 10.1 Å². The Morgan fingerprint density at radius 3 is 2.61 bits per heavy atom. The fourth-order valence-electron chi connectivity index (χ4n) is 0.920. The molecule has 0 spiro atoms. The number of aromatic nitrogens is 4. The summed E-state index contributed by atoms with van der Waals surface area (Å²) in [5, 5.41) is 15.1. The minimum absolute atomic E-state index is 0.0752. The third-order valence-corrected chi connectivity index (χ3v) is 2.38. The van der Waals surface area contributed by atoms with Gasteiger partial charge in [-0.05, 0) is 10.3 Å². The topological polar surface area (TPSA) is 120 Å². The standard InChI is InChI=1S/C6H3F3N6O2S/c7-6(8,9)4(16)11-2-1(14-17-15-2)3-12-13-5(10)18-3/h(H2,10,13)(H,11,15,16). The van der Waals surface area contributed by atoms with E-state index < -0.39 is 17.9 Å². The summed E-state index contributed by atoms with van der Waals surface area (Å²) >= 11 is 0.855. The van der Waals surface area contributed by atoms with Crippen molar-refractivity contribution in [1.82, 2.24) is 20.5 Å². The van der Waals surface area contributed by atoms with Crippen LogP contribution in [0.3, 0.4) is 0 Å². The molecule has 2 heterocycles. The summed E-state index contributed by atoms with van der Waals surface area (Å²) in [6.07, 6.45) is -5.05. The smallest absolute Gasteiger partial charge is 0.374 e. The van der Waals surface area contributed by atoms with E-state index in [0.29, 0.717) is 0 Å². The molecule has 3 N–H and O–H groups in total. The Morgan fingerprint density at radius 2 is 2.06 bits per heavy atom. The number of alkyl halides is 3. The van der Waals surface area contributed by atoms with E-state index in [4.69, 9.17) is 5.73 Å². The van der Waals surface area contributed by atoms with E-state index in [1.165, 1.54) is 5.32 Å². The van der Waals surface area contributed by atoms with Crippen LogP contribution in [-0.4, -0.2) is 32.6 Å². The van der Waals surface area contributed by atoms with Crippen LogP contribution in [0.5, 0.6) is 0 Å². The van der Waals surface area contributed by atoms with Crippen molar-refractivity contribution in [1.29, 1.82) is 0 Å². The molecule has 0 aliphatic heterocycles. The number of hydrogen-bond acceptors (Lipinski definition) is 8. The molecular weight excluding hydrogens is 277 g/mol. The molecule has 0 fully saturated rings. The van der Waals surface area contributed by atoms with Crippen molar-refractivity contribution >= 4 is 28.2 Å². The first kappa shape index (κ1) is 12.2. The number of anilines is 2. The summed E-state index contributed by atoms with van der Waals surface area (Å²) in [4.78, 5) is 10.7. The molecule has 0 aliphatic carbocycles. The minimum Gasteiger partial charge on any atom is -0.374 e. The van der Waals surface area contributed by atoms with Crippen LogP contribution < -0.4 is 11.1 Å². The van der Waals surface area contributed by atoms with E-state index in [-0.39, 0.29) is 15.8 Å². The van der Waals surface area contributed by atoms with Gasteiger partial charge in [0.05, 0.1) is 0 Å². The number of nitrogens with one attached hydrogen (secondary N) is 1. The zero-order valence-corrected chi connectivity index (χ0v) is 9.04. The van der Waals surface area contributed by atoms with Crippen molar-refractivity contribution in [3.05, 3.63) is 0 Å². The Labute approximate surface area is 100.0 Å². The van der Waals surface area contributed by atoms with Gasteiger partial charge in [0, 0.05) is 0 Å². The molecule has 8 nitrogen and oxygen atoms in total. The largest absolute Gasteiger partial charge is 0.471 e. The van der Waals surface area contributed by atoms with Gasteiger partial charge in [0.25, 0.3) is 0 Å². The quantitative estimate of drug-likeness (QED) is 0.829. The van der Waals surface area contributed by atoms with E-state index in [9.17, 15) is 18.0 Å². The zero-order valence-electron chi connectivity index (χ0n) is 8.22. The molecule has 0 aromatic carbocycles. The van der Waals surface area contributed by atoms with Gasteiger partial charge in [-0.15, -0.1) is 10.2 Å². The van der Waals surface area contributed by atoms with Crippen LogP contribution in [-0.2, 0) is 4.79 Å². The predicted octanol–water partition coefficient (Wildman–Crippen LogP) is 0.671. The fourth-order valence-corrected chi connectivity index (χ4v) is 1.51. The second kappa shape index (κ2) is 4.21. The van der Waals surface area contributed by atoms with E-state index in [1.807, 2.05) is 0 Å². The van der Waals surface area contributed by atoms with Crippen molar-refractivity contribution in [3.63, 3.8) is 0 Å². The molecule has 0 radical (unpaired) electrons. The molecule has 2 rings (SSSR count). The van der Waals surface area contributed by atoms with Crippen molar-refractivity contribution in [3.8, 4) is 10.7 Å². The summed E-state index contributed by atoms with van der Waals surface area (Å²) in [5.41, 5.74) is 5.13. The van der Waals surface area contributed by atoms with Crippen LogP contribution in [0.1, 0.15) is 0 Å². The van der Waals surface area contributed by atoms with E-state index >= 15 is 0 Å². The normalized spacial score (nSPS) is 11.5. The molecule has 96 valence electrons. The van der Waals surface area contributed by atoms with Gasteiger partial charge >= 0.3 is 12.1 Å². The molecule has 0 atom stereocenters. The maximum Gasteiger partial charge on any atom is 0.471 e. The highest BCUT2D eigenvalue weighted by atomic mass is 32.1. The lowest BCUT2D eigenvalue weighted by Crippen LogP contribution is -2.30. The van der Waals surface area contributed by atoms with Gasteiger partial charge in [-0.2, -0.15) is 13.2 Å². The molecule has 12 heteroatoms. The maximum absolute atomic E-state index is 12.0. The van der Waals surface area contributed by atoms with Gasteiger partial charge in [-0.1, -0.05) is 11.3 Å². The summed E-state index contributed by atoms with van der Waals surface area (Å²) in [7, 11) is 0. The third kappa shape index (κ3) is 2.37. The highest BCUT2D eigenvalue weighted by molar-refractivity contribution is 7.18. The second-order valence-electron chi connectivity index (χ2n) is 2.86. The number of nitrogens with zero attached hydrogens (tertiary/aromatic N) is 4. The van der Waals surface area contributed by atoms with Crippen molar-refractivity contribution in [2.24, 2.45) is 0 Å². The third-order valence-electron chi connectivity index (χ3n) is 1.62. The van der Waals surface area contributed by atoms with Crippen LogP contribution in [0.25, 0.3) is 10.7 Å². The minimum atomic E-state index is -5.05. The molecule has 0 unspecified atom stereocenters. The van der Waals surface area contributed by atoms with Gasteiger partial charge in [-0.25, -0.2) is 4.63 Å². The zero-order chi connectivity index (χ0) is 13.3. The Bertz CT molecular complexity index is 578. The van der Waals surface area contributed by atoms with Crippen LogP contribution in [0.15, 0.2) is 4.63 Å². The van der Waals surface area contributed by atoms with Crippen molar-refractivity contribution in [2.45, 2.75) is 6.18 Å². The predicted molar refractivity (Wildman–Crippen MR) is 52.3 cm³/mol. The number of nitrogens with two attached hydrogens (primary N) is 1. The highest BCUT2D eigenvalue weighted by Crippen LogP contribution is 2.29. The summed E-state index contributed by atoms with van der Waals surface area (Å²) in [6.45, 7) is 0. The Morgan fingerprint density at radius 1 is 1.33 bits per heavy atom. The number of amides is 1. The Balaban J connectivity index is 2.26. The van der Waals surface area contributed by atoms with Gasteiger partial charge < -0.3 is 5.73 Å². The van der Waals surface area contributed by atoms with E-state index in [1.54, 1.807) is 0 Å². The molecule has 2 aromatic rings.